The average Bonchev–Trinajstić information content (AvgIpc) is 2.71. The number of amides is 1. The largest absolute Gasteiger partial charge is 0.375 e. The molecule has 1 fully saturated rings. The molecule has 1 aliphatic rings. The summed E-state index contributed by atoms with van der Waals surface area (Å²) in [5.74, 6) is -0.00350. The number of carbonyl (C=O) groups is 1. The van der Waals surface area contributed by atoms with Crippen molar-refractivity contribution in [1.82, 2.24) is 4.90 Å². The van der Waals surface area contributed by atoms with Crippen LogP contribution in [-0.4, -0.2) is 48.4 Å². The van der Waals surface area contributed by atoms with E-state index in [1.807, 2.05) is 0 Å². The summed E-state index contributed by atoms with van der Waals surface area (Å²) in [7, 11) is 0. The van der Waals surface area contributed by atoms with Crippen LogP contribution in [0.15, 0.2) is 0 Å². The van der Waals surface area contributed by atoms with E-state index in [-0.39, 0.29) is 25.0 Å². The van der Waals surface area contributed by atoms with Crippen molar-refractivity contribution in [3.8, 4) is 0 Å². The Morgan fingerprint density at radius 2 is 2.31 bits per heavy atom. The van der Waals surface area contributed by atoms with Gasteiger partial charge in [-0.3, -0.25) is 4.79 Å². The standard InChI is InChI=1S/C10H16BrF2NO2/c11-6-8-2-1-4-14(8)10(15)3-5-16-7-9(12)13/h8-9H,1-7H2. The minimum Gasteiger partial charge on any atom is -0.375 e. The summed E-state index contributed by atoms with van der Waals surface area (Å²) in [6, 6.07) is 0.252. The molecule has 6 heteroatoms. The van der Waals surface area contributed by atoms with Gasteiger partial charge < -0.3 is 9.64 Å². The van der Waals surface area contributed by atoms with E-state index in [2.05, 4.69) is 20.7 Å². The van der Waals surface area contributed by atoms with Crippen LogP contribution < -0.4 is 0 Å². The Morgan fingerprint density at radius 1 is 1.56 bits per heavy atom. The van der Waals surface area contributed by atoms with Gasteiger partial charge in [-0.15, -0.1) is 0 Å². The van der Waals surface area contributed by atoms with Gasteiger partial charge in [0.2, 0.25) is 5.91 Å². The Labute approximate surface area is 102 Å². The van der Waals surface area contributed by atoms with E-state index in [0.717, 1.165) is 24.7 Å². The molecule has 1 saturated heterocycles. The predicted molar refractivity (Wildman–Crippen MR) is 60.0 cm³/mol. The molecule has 0 aromatic heterocycles. The summed E-state index contributed by atoms with van der Waals surface area (Å²) in [6.45, 7) is 0.258. The Bertz CT molecular complexity index is 229. The van der Waals surface area contributed by atoms with Crippen LogP contribution in [0.2, 0.25) is 0 Å². The fraction of sp³-hybridized carbons (Fsp3) is 0.900. The van der Waals surface area contributed by atoms with E-state index < -0.39 is 13.0 Å². The highest BCUT2D eigenvalue weighted by atomic mass is 79.9. The maximum atomic E-state index is 11.8. The number of nitrogens with zero attached hydrogens (tertiary/aromatic N) is 1. The molecule has 0 spiro atoms. The van der Waals surface area contributed by atoms with Gasteiger partial charge in [0, 0.05) is 17.9 Å². The van der Waals surface area contributed by atoms with Crippen molar-refractivity contribution in [2.24, 2.45) is 0 Å². The van der Waals surface area contributed by atoms with Crippen LogP contribution >= 0.6 is 15.9 Å². The molecule has 1 amide bonds. The lowest BCUT2D eigenvalue weighted by Gasteiger charge is -2.22. The quantitative estimate of drug-likeness (QED) is 0.555. The topological polar surface area (TPSA) is 29.5 Å². The van der Waals surface area contributed by atoms with E-state index in [4.69, 9.17) is 0 Å². The number of ether oxygens (including phenoxy) is 1. The minimum atomic E-state index is -2.46. The normalized spacial score (nSPS) is 20.8. The highest BCUT2D eigenvalue weighted by Gasteiger charge is 2.27. The highest BCUT2D eigenvalue weighted by molar-refractivity contribution is 9.09. The van der Waals surface area contributed by atoms with Crippen molar-refractivity contribution >= 4 is 21.8 Å². The predicted octanol–water partition coefficient (Wildman–Crippen LogP) is 2.04. The third-order valence-electron chi connectivity index (χ3n) is 2.58. The van der Waals surface area contributed by atoms with Crippen molar-refractivity contribution in [3.63, 3.8) is 0 Å². The molecule has 94 valence electrons. The molecule has 0 N–H and O–H groups in total. The number of alkyl halides is 3. The summed E-state index contributed by atoms with van der Waals surface area (Å²) in [5.41, 5.74) is 0. The van der Waals surface area contributed by atoms with Crippen LogP contribution in [0.1, 0.15) is 19.3 Å². The van der Waals surface area contributed by atoms with Gasteiger partial charge in [0.1, 0.15) is 6.61 Å². The first kappa shape index (κ1) is 13.8. The van der Waals surface area contributed by atoms with Crippen molar-refractivity contribution in [1.29, 1.82) is 0 Å². The van der Waals surface area contributed by atoms with Crippen molar-refractivity contribution < 1.29 is 18.3 Å². The second kappa shape index (κ2) is 7.17. The second-order valence-corrected chi connectivity index (χ2v) is 4.40. The molecular weight excluding hydrogens is 284 g/mol. The number of halogens is 3. The molecule has 1 unspecified atom stereocenters. The molecule has 1 rings (SSSR count). The van der Waals surface area contributed by atoms with E-state index in [0.29, 0.717) is 0 Å². The smallest absolute Gasteiger partial charge is 0.261 e. The maximum Gasteiger partial charge on any atom is 0.261 e. The number of hydrogen-bond donors (Lipinski definition) is 0. The first-order chi connectivity index (χ1) is 7.65. The van der Waals surface area contributed by atoms with E-state index in [9.17, 15) is 13.6 Å². The van der Waals surface area contributed by atoms with Gasteiger partial charge in [-0.25, -0.2) is 8.78 Å². The fourth-order valence-electron chi connectivity index (χ4n) is 1.80. The molecular formula is C10H16BrF2NO2. The highest BCUT2D eigenvalue weighted by Crippen LogP contribution is 2.19. The Kier molecular flexibility index (Phi) is 6.20. The molecule has 1 heterocycles. The SMILES string of the molecule is O=C(CCOCC(F)F)N1CCCC1CBr. The summed E-state index contributed by atoms with van der Waals surface area (Å²) in [5, 5.41) is 0.774. The molecule has 0 bridgehead atoms. The van der Waals surface area contributed by atoms with Crippen LogP contribution in [-0.2, 0) is 9.53 Å². The van der Waals surface area contributed by atoms with E-state index in [1.54, 1.807) is 4.90 Å². The lowest BCUT2D eigenvalue weighted by atomic mass is 10.2. The van der Waals surface area contributed by atoms with Crippen LogP contribution in [0.25, 0.3) is 0 Å². The van der Waals surface area contributed by atoms with Crippen LogP contribution in [0.5, 0.6) is 0 Å². The molecule has 16 heavy (non-hydrogen) atoms. The summed E-state index contributed by atoms with van der Waals surface area (Å²) in [6.07, 6.45) is -0.248. The van der Waals surface area contributed by atoms with Gasteiger partial charge in [0.15, 0.2) is 0 Å². The molecule has 0 aromatic carbocycles. The first-order valence-electron chi connectivity index (χ1n) is 5.36. The number of hydrogen-bond acceptors (Lipinski definition) is 2. The Hall–Kier alpha value is -0.230. The van der Waals surface area contributed by atoms with Crippen LogP contribution in [0, 0.1) is 0 Å². The van der Waals surface area contributed by atoms with Crippen LogP contribution in [0.4, 0.5) is 8.78 Å². The zero-order chi connectivity index (χ0) is 12.0. The first-order valence-corrected chi connectivity index (χ1v) is 6.48. The molecule has 0 radical (unpaired) electrons. The zero-order valence-electron chi connectivity index (χ0n) is 9.00. The number of carbonyl (C=O) groups excluding carboxylic acids is 1. The lowest BCUT2D eigenvalue weighted by molar-refractivity contribution is -0.133. The molecule has 0 aliphatic carbocycles. The van der Waals surface area contributed by atoms with E-state index in [1.165, 1.54) is 0 Å². The summed E-state index contributed by atoms with van der Waals surface area (Å²) in [4.78, 5) is 13.5. The van der Waals surface area contributed by atoms with Gasteiger partial charge >= 0.3 is 0 Å². The second-order valence-electron chi connectivity index (χ2n) is 3.75. The van der Waals surface area contributed by atoms with E-state index >= 15 is 0 Å². The molecule has 1 atom stereocenters. The number of rotatable bonds is 6. The molecule has 0 saturated carbocycles. The fourth-order valence-corrected chi connectivity index (χ4v) is 2.47. The van der Waals surface area contributed by atoms with Crippen LogP contribution in [0.3, 0.4) is 0 Å². The van der Waals surface area contributed by atoms with Crippen molar-refractivity contribution in [3.05, 3.63) is 0 Å². The third-order valence-corrected chi connectivity index (χ3v) is 3.33. The average molecular weight is 300 g/mol. The third kappa shape index (κ3) is 4.33. The lowest BCUT2D eigenvalue weighted by Crippen LogP contribution is -2.36. The summed E-state index contributed by atoms with van der Waals surface area (Å²) >= 11 is 3.36. The van der Waals surface area contributed by atoms with Gasteiger partial charge in [-0.2, -0.15) is 0 Å². The Balaban J connectivity index is 2.19. The van der Waals surface area contributed by atoms with Crippen molar-refractivity contribution in [2.45, 2.75) is 31.7 Å². The zero-order valence-corrected chi connectivity index (χ0v) is 10.6. The van der Waals surface area contributed by atoms with Gasteiger partial charge in [-0.1, -0.05) is 15.9 Å². The Morgan fingerprint density at radius 3 is 2.94 bits per heavy atom. The number of likely N-dealkylation sites (tertiary alicyclic amines) is 1. The monoisotopic (exact) mass is 299 g/mol. The minimum absolute atomic E-state index is 0.00350. The molecule has 3 nitrogen and oxygen atoms in total. The van der Waals surface area contributed by atoms with Gasteiger partial charge in [0.25, 0.3) is 6.43 Å². The van der Waals surface area contributed by atoms with Gasteiger partial charge in [-0.05, 0) is 12.8 Å². The maximum absolute atomic E-state index is 11.8. The summed E-state index contributed by atoms with van der Waals surface area (Å²) < 4.78 is 28.2. The molecule has 0 aromatic rings. The van der Waals surface area contributed by atoms with Gasteiger partial charge in [0.05, 0.1) is 13.0 Å². The van der Waals surface area contributed by atoms with Crippen molar-refractivity contribution in [2.75, 3.05) is 25.1 Å². The molecule has 1 aliphatic heterocycles.